The highest BCUT2D eigenvalue weighted by molar-refractivity contribution is 5.98. The third-order valence-corrected chi connectivity index (χ3v) is 3.11. The topological polar surface area (TPSA) is 126 Å². The second kappa shape index (κ2) is 5.92. The number of alkyl halides is 2. The van der Waals surface area contributed by atoms with Gasteiger partial charge in [0.15, 0.2) is 18.1 Å². The highest BCUT2D eigenvalue weighted by Gasteiger charge is 2.43. The first kappa shape index (κ1) is 16.5. The number of anilines is 2. The van der Waals surface area contributed by atoms with Crippen LogP contribution in [0.25, 0.3) is 0 Å². The fourth-order valence-electron chi connectivity index (χ4n) is 2.06. The number of esters is 1. The summed E-state index contributed by atoms with van der Waals surface area (Å²) in [5.74, 6) is -2.19. The number of aromatic nitrogens is 1. The van der Waals surface area contributed by atoms with Crippen LogP contribution in [0, 0.1) is 6.92 Å². The van der Waals surface area contributed by atoms with Gasteiger partial charge >= 0.3 is 12.3 Å². The molecular weight excluding hydrogens is 344 g/mol. The maximum Gasteiger partial charge on any atom is 0.586 e. The predicted molar refractivity (Wildman–Crippen MR) is 77.2 cm³/mol. The number of benzene rings is 1. The van der Waals surface area contributed by atoms with E-state index in [1.165, 1.54) is 19.1 Å². The maximum atomic E-state index is 12.9. The Kier molecular flexibility index (Phi) is 3.91. The summed E-state index contributed by atoms with van der Waals surface area (Å²) in [6.07, 6.45) is -3.75. The van der Waals surface area contributed by atoms with Crippen LogP contribution in [-0.4, -0.2) is 29.9 Å². The first-order valence-electron chi connectivity index (χ1n) is 6.84. The van der Waals surface area contributed by atoms with Crippen molar-refractivity contribution in [3.8, 4) is 11.5 Å². The Morgan fingerprint density at radius 1 is 1.32 bits per heavy atom. The average Bonchev–Trinajstić information content (AvgIpc) is 3.02. The van der Waals surface area contributed by atoms with Crippen molar-refractivity contribution in [2.24, 2.45) is 0 Å². The molecule has 0 saturated carbocycles. The fraction of sp³-hybridized carbons (Fsp3) is 0.214. The third kappa shape index (κ3) is 3.44. The van der Waals surface area contributed by atoms with Gasteiger partial charge < -0.3 is 29.8 Å². The number of nitrogens with two attached hydrogens (primary N) is 1. The second-order valence-electron chi connectivity index (χ2n) is 4.96. The molecule has 0 aliphatic carbocycles. The van der Waals surface area contributed by atoms with Gasteiger partial charge in [-0.25, -0.2) is 4.79 Å². The summed E-state index contributed by atoms with van der Waals surface area (Å²) >= 11 is 0. The summed E-state index contributed by atoms with van der Waals surface area (Å²) in [4.78, 5) is 23.6. The van der Waals surface area contributed by atoms with Gasteiger partial charge in [0.2, 0.25) is 5.88 Å². The number of nitrogens with zero attached hydrogens (tertiary/aromatic N) is 1. The molecule has 0 saturated heterocycles. The molecule has 0 spiro atoms. The highest BCUT2D eigenvalue weighted by Crippen LogP contribution is 2.42. The van der Waals surface area contributed by atoms with Gasteiger partial charge in [-0.3, -0.25) is 4.79 Å². The lowest BCUT2D eigenvalue weighted by Crippen LogP contribution is -2.25. The number of nitrogen functional groups attached to an aromatic ring is 1. The van der Waals surface area contributed by atoms with E-state index in [0.717, 1.165) is 6.07 Å². The van der Waals surface area contributed by atoms with Crippen molar-refractivity contribution in [1.82, 2.24) is 5.16 Å². The molecule has 1 aliphatic heterocycles. The Balaban J connectivity index is 1.58. The van der Waals surface area contributed by atoms with Gasteiger partial charge in [-0.1, -0.05) is 5.16 Å². The minimum Gasteiger partial charge on any atom is -0.452 e. The number of rotatable bonds is 4. The molecule has 0 atom stereocenters. The standard InChI is InChI=1S/C14H11F2N3O6/c1-6-11(12(17)25-19-6)13(21)22-5-10(20)18-7-2-3-8-9(4-7)24-14(15,16)23-8/h2-4H,5,17H2,1H3,(H,18,20). The summed E-state index contributed by atoms with van der Waals surface area (Å²) < 4.78 is 43.8. The molecular formula is C14H11F2N3O6. The number of aryl methyl sites for hydroxylation is 1. The minimum atomic E-state index is -3.75. The molecule has 2 aromatic rings. The second-order valence-corrected chi connectivity index (χ2v) is 4.96. The molecule has 1 aliphatic rings. The lowest BCUT2D eigenvalue weighted by molar-refractivity contribution is -0.286. The van der Waals surface area contributed by atoms with E-state index in [1.807, 2.05) is 0 Å². The van der Waals surface area contributed by atoms with E-state index in [1.54, 1.807) is 0 Å². The molecule has 132 valence electrons. The fourth-order valence-corrected chi connectivity index (χ4v) is 2.06. The zero-order valence-corrected chi connectivity index (χ0v) is 12.7. The highest BCUT2D eigenvalue weighted by atomic mass is 19.3. The molecule has 3 rings (SSSR count). The lowest BCUT2D eigenvalue weighted by Gasteiger charge is -2.07. The monoisotopic (exact) mass is 355 g/mol. The van der Waals surface area contributed by atoms with Crippen LogP contribution in [0.5, 0.6) is 11.5 Å². The largest absolute Gasteiger partial charge is 0.586 e. The zero-order valence-electron chi connectivity index (χ0n) is 12.7. The molecule has 0 bridgehead atoms. The van der Waals surface area contributed by atoms with Crippen molar-refractivity contribution < 1.29 is 37.1 Å². The van der Waals surface area contributed by atoms with Crippen molar-refractivity contribution in [3.63, 3.8) is 0 Å². The van der Waals surface area contributed by atoms with Crippen LogP contribution < -0.4 is 20.5 Å². The van der Waals surface area contributed by atoms with Gasteiger partial charge in [0.25, 0.3) is 5.91 Å². The molecule has 1 aromatic carbocycles. The molecule has 9 nitrogen and oxygen atoms in total. The summed E-state index contributed by atoms with van der Waals surface area (Å²) in [5.41, 5.74) is 5.73. The van der Waals surface area contributed by atoms with Crippen LogP contribution in [0.3, 0.4) is 0 Å². The van der Waals surface area contributed by atoms with E-state index in [4.69, 9.17) is 10.5 Å². The summed E-state index contributed by atoms with van der Waals surface area (Å²) in [7, 11) is 0. The number of nitrogens with one attached hydrogen (secondary N) is 1. The molecule has 0 radical (unpaired) electrons. The summed E-state index contributed by atoms with van der Waals surface area (Å²) in [6.45, 7) is 0.854. The minimum absolute atomic E-state index is 0.0712. The summed E-state index contributed by atoms with van der Waals surface area (Å²) in [6, 6.07) is 3.68. The molecule has 2 heterocycles. The number of halogens is 2. The normalized spacial score (nSPS) is 14.2. The quantitative estimate of drug-likeness (QED) is 0.794. The average molecular weight is 355 g/mol. The molecule has 1 aromatic heterocycles. The van der Waals surface area contributed by atoms with E-state index in [9.17, 15) is 18.4 Å². The predicted octanol–water partition coefficient (Wildman–Crippen LogP) is 1.68. The molecule has 25 heavy (non-hydrogen) atoms. The van der Waals surface area contributed by atoms with E-state index >= 15 is 0 Å². The SMILES string of the molecule is Cc1noc(N)c1C(=O)OCC(=O)Nc1ccc2c(c1)OC(F)(F)O2. The van der Waals surface area contributed by atoms with Crippen LogP contribution in [0.4, 0.5) is 20.4 Å². The number of hydrogen-bond donors (Lipinski definition) is 2. The van der Waals surface area contributed by atoms with Crippen LogP contribution in [0.2, 0.25) is 0 Å². The van der Waals surface area contributed by atoms with Gasteiger partial charge in [-0.2, -0.15) is 0 Å². The molecule has 11 heteroatoms. The number of ether oxygens (including phenoxy) is 3. The van der Waals surface area contributed by atoms with Crippen LogP contribution >= 0.6 is 0 Å². The zero-order chi connectivity index (χ0) is 18.2. The van der Waals surface area contributed by atoms with Crippen LogP contribution in [0.1, 0.15) is 16.1 Å². The number of hydrogen-bond acceptors (Lipinski definition) is 8. The van der Waals surface area contributed by atoms with Crippen molar-refractivity contribution in [2.45, 2.75) is 13.2 Å². The van der Waals surface area contributed by atoms with Crippen molar-refractivity contribution in [1.29, 1.82) is 0 Å². The van der Waals surface area contributed by atoms with Gasteiger partial charge in [0.1, 0.15) is 5.56 Å². The first-order valence-corrected chi connectivity index (χ1v) is 6.84. The van der Waals surface area contributed by atoms with E-state index in [-0.39, 0.29) is 34.3 Å². The van der Waals surface area contributed by atoms with Gasteiger partial charge in [0, 0.05) is 11.8 Å². The Morgan fingerprint density at radius 3 is 2.72 bits per heavy atom. The third-order valence-electron chi connectivity index (χ3n) is 3.11. The number of carbonyl (C=O) groups excluding carboxylic acids is 2. The van der Waals surface area contributed by atoms with Crippen LogP contribution in [-0.2, 0) is 9.53 Å². The first-order chi connectivity index (χ1) is 11.7. The Morgan fingerprint density at radius 2 is 2.04 bits per heavy atom. The maximum absolute atomic E-state index is 12.9. The molecule has 0 fully saturated rings. The smallest absolute Gasteiger partial charge is 0.452 e. The van der Waals surface area contributed by atoms with Crippen LogP contribution in [0.15, 0.2) is 22.7 Å². The van der Waals surface area contributed by atoms with E-state index in [2.05, 4.69) is 24.5 Å². The van der Waals surface area contributed by atoms with Crippen molar-refractivity contribution in [3.05, 3.63) is 29.5 Å². The van der Waals surface area contributed by atoms with Crippen molar-refractivity contribution >= 4 is 23.4 Å². The molecule has 1 amide bonds. The number of fused-ring (bicyclic) bond motifs is 1. The molecule has 0 unspecified atom stereocenters. The lowest BCUT2D eigenvalue weighted by atomic mass is 10.2. The van der Waals surface area contributed by atoms with E-state index < -0.39 is 24.8 Å². The molecule has 3 N–H and O–H groups in total. The number of amides is 1. The Bertz CT molecular complexity index is 832. The van der Waals surface area contributed by atoms with Gasteiger partial charge in [0.05, 0.1) is 5.69 Å². The Labute approximate surface area is 138 Å². The van der Waals surface area contributed by atoms with E-state index in [0.29, 0.717) is 0 Å². The van der Waals surface area contributed by atoms with Gasteiger partial charge in [-0.05, 0) is 19.1 Å². The van der Waals surface area contributed by atoms with Crippen molar-refractivity contribution in [2.75, 3.05) is 17.7 Å². The van der Waals surface area contributed by atoms with Gasteiger partial charge in [-0.15, -0.1) is 8.78 Å². The summed E-state index contributed by atoms with van der Waals surface area (Å²) in [5, 5.41) is 5.85. The Hall–Kier alpha value is -3.37. The number of carbonyl (C=O) groups is 2.